The van der Waals surface area contributed by atoms with Crippen molar-refractivity contribution in [2.45, 2.75) is 18.9 Å². The quantitative estimate of drug-likeness (QED) is 0.229. The van der Waals surface area contributed by atoms with Crippen molar-refractivity contribution in [1.29, 1.82) is 0 Å². The first-order valence-corrected chi connectivity index (χ1v) is 12.4. The van der Waals surface area contributed by atoms with Crippen LogP contribution in [0.3, 0.4) is 0 Å². The Morgan fingerprint density at radius 3 is 2.16 bits per heavy atom. The zero-order valence-electron chi connectivity index (χ0n) is 20.6. The van der Waals surface area contributed by atoms with Crippen LogP contribution < -0.4 is 20.9 Å². The highest BCUT2D eigenvalue weighted by Crippen LogP contribution is 2.25. The van der Waals surface area contributed by atoms with Gasteiger partial charge in [0, 0.05) is 47.6 Å². The monoisotopic (exact) mass is 513 g/mol. The maximum Gasteiger partial charge on any atom is 0.272 e. The van der Waals surface area contributed by atoms with Crippen LogP contribution in [0, 0.1) is 5.82 Å². The van der Waals surface area contributed by atoms with Gasteiger partial charge in [0.05, 0.1) is 11.8 Å². The molecule has 0 aliphatic carbocycles. The van der Waals surface area contributed by atoms with E-state index in [1.807, 2.05) is 12.1 Å². The van der Waals surface area contributed by atoms with E-state index in [2.05, 4.69) is 25.8 Å². The first kappa shape index (κ1) is 25.0. The van der Waals surface area contributed by atoms with E-state index >= 15 is 0 Å². The Balaban J connectivity index is 1.17. The van der Waals surface area contributed by atoms with E-state index in [0.29, 0.717) is 28.3 Å². The Hall–Kier alpha value is -4.63. The van der Waals surface area contributed by atoms with Gasteiger partial charge in [-0.3, -0.25) is 9.59 Å². The number of aromatic nitrogens is 1. The summed E-state index contributed by atoms with van der Waals surface area (Å²) in [5, 5.41) is 18.2. The maximum absolute atomic E-state index is 14.8. The smallest absolute Gasteiger partial charge is 0.272 e. The van der Waals surface area contributed by atoms with Crippen LogP contribution in [0.25, 0.3) is 0 Å². The number of hydrogen-bond acceptors (Lipinski definition) is 5. The van der Waals surface area contributed by atoms with E-state index in [1.165, 1.54) is 6.07 Å². The summed E-state index contributed by atoms with van der Waals surface area (Å²) in [6.07, 6.45) is 2.90. The lowest BCUT2D eigenvalue weighted by molar-refractivity contribution is 0.101. The molecule has 1 aliphatic rings. The Labute approximate surface area is 219 Å². The van der Waals surface area contributed by atoms with Crippen molar-refractivity contribution in [3.63, 3.8) is 0 Å². The minimum absolute atomic E-state index is 0.242. The summed E-state index contributed by atoms with van der Waals surface area (Å²) in [5.41, 5.74) is 3.77. The molecule has 4 aromatic rings. The van der Waals surface area contributed by atoms with Crippen molar-refractivity contribution in [2.24, 2.45) is 0 Å². The first-order chi connectivity index (χ1) is 18.4. The van der Waals surface area contributed by atoms with Gasteiger partial charge in [0.2, 0.25) is 0 Å². The van der Waals surface area contributed by atoms with E-state index in [1.54, 1.807) is 66.9 Å². The summed E-state index contributed by atoms with van der Waals surface area (Å²) < 4.78 is 14.8. The van der Waals surface area contributed by atoms with Gasteiger partial charge < -0.3 is 30.9 Å². The number of aliphatic hydroxyl groups excluding tert-OH is 1. The molecular formula is C29H28FN5O3. The third kappa shape index (κ3) is 6.01. The molecule has 1 fully saturated rings. The van der Waals surface area contributed by atoms with Gasteiger partial charge in [-0.25, -0.2) is 4.39 Å². The molecule has 9 heteroatoms. The van der Waals surface area contributed by atoms with Crippen molar-refractivity contribution in [2.75, 3.05) is 33.9 Å². The van der Waals surface area contributed by atoms with Crippen LogP contribution in [0.1, 0.15) is 33.7 Å². The molecule has 38 heavy (non-hydrogen) atoms. The molecule has 2 amide bonds. The molecule has 1 saturated heterocycles. The molecule has 0 spiro atoms. The number of anilines is 5. The number of hydrogen-bond donors (Lipinski definition) is 5. The standard InChI is InChI=1S/C29H28FN5O3/c30-25-18-22(34-28(37)19-3-10-23(11-4-19)35-16-13-24(36)14-17-35)9-12-26(25)32-20-5-7-21(8-6-20)33-29(38)27-2-1-15-31-27/h1-12,15,18,24,31-32,36H,13-14,16-17H2,(H,33,38)(H,34,37). The largest absolute Gasteiger partial charge is 0.393 e. The Kier molecular flexibility index (Phi) is 7.37. The molecule has 194 valence electrons. The van der Waals surface area contributed by atoms with Crippen LogP contribution in [0.5, 0.6) is 0 Å². The number of H-pyrrole nitrogens is 1. The molecule has 1 aromatic heterocycles. The molecule has 0 saturated carbocycles. The number of carbonyl (C=O) groups excluding carboxylic acids is 2. The van der Waals surface area contributed by atoms with Gasteiger partial charge in [-0.15, -0.1) is 0 Å². The summed E-state index contributed by atoms with van der Waals surface area (Å²) in [7, 11) is 0. The molecule has 0 bridgehead atoms. The highest BCUT2D eigenvalue weighted by atomic mass is 19.1. The third-order valence-corrected chi connectivity index (χ3v) is 6.45. The van der Waals surface area contributed by atoms with Gasteiger partial charge in [-0.1, -0.05) is 0 Å². The Morgan fingerprint density at radius 2 is 1.50 bits per heavy atom. The summed E-state index contributed by atoms with van der Waals surface area (Å²) in [4.78, 5) is 29.9. The number of amides is 2. The van der Waals surface area contributed by atoms with Gasteiger partial charge in [-0.2, -0.15) is 0 Å². The number of rotatable bonds is 7. The second-order valence-corrected chi connectivity index (χ2v) is 9.15. The minimum Gasteiger partial charge on any atom is -0.393 e. The fourth-order valence-electron chi connectivity index (χ4n) is 4.31. The second kappa shape index (κ2) is 11.2. The first-order valence-electron chi connectivity index (χ1n) is 12.4. The van der Waals surface area contributed by atoms with Crippen molar-refractivity contribution < 1.29 is 19.1 Å². The van der Waals surface area contributed by atoms with Gasteiger partial charge in [0.1, 0.15) is 11.5 Å². The average molecular weight is 514 g/mol. The van der Waals surface area contributed by atoms with Gasteiger partial charge in [0.15, 0.2) is 0 Å². The predicted octanol–water partition coefficient (Wildman–Crippen LogP) is 5.36. The predicted molar refractivity (Wildman–Crippen MR) is 147 cm³/mol. The number of nitrogens with zero attached hydrogens (tertiary/aromatic N) is 1. The molecule has 0 radical (unpaired) electrons. The molecule has 0 unspecified atom stereocenters. The molecule has 0 atom stereocenters. The van der Waals surface area contributed by atoms with Crippen molar-refractivity contribution in [1.82, 2.24) is 4.98 Å². The Bertz CT molecular complexity index is 1400. The fraction of sp³-hybridized carbons (Fsp3) is 0.172. The number of nitrogens with one attached hydrogen (secondary N) is 4. The fourth-order valence-corrected chi connectivity index (χ4v) is 4.31. The van der Waals surface area contributed by atoms with Crippen LogP contribution in [-0.4, -0.2) is 41.1 Å². The number of halogens is 1. The Morgan fingerprint density at radius 1 is 0.842 bits per heavy atom. The summed E-state index contributed by atoms with van der Waals surface area (Å²) in [6, 6.07) is 22.0. The molecule has 5 N–H and O–H groups in total. The van der Waals surface area contributed by atoms with Crippen molar-refractivity contribution in [3.8, 4) is 0 Å². The average Bonchev–Trinajstić information content (AvgIpc) is 3.47. The number of piperidine rings is 1. The third-order valence-electron chi connectivity index (χ3n) is 6.45. The molecule has 2 heterocycles. The molecule has 8 nitrogen and oxygen atoms in total. The van der Waals surface area contributed by atoms with Gasteiger partial charge >= 0.3 is 0 Å². The lowest BCUT2D eigenvalue weighted by Crippen LogP contribution is -2.35. The van der Waals surface area contributed by atoms with Crippen molar-refractivity contribution >= 4 is 40.3 Å². The minimum atomic E-state index is -0.519. The van der Waals surface area contributed by atoms with Crippen molar-refractivity contribution in [3.05, 3.63) is 102 Å². The lowest BCUT2D eigenvalue weighted by atomic mass is 10.1. The van der Waals surface area contributed by atoms with Gasteiger partial charge in [-0.05, 0) is 91.7 Å². The maximum atomic E-state index is 14.8. The van der Waals surface area contributed by atoms with E-state index in [9.17, 15) is 19.1 Å². The zero-order valence-corrected chi connectivity index (χ0v) is 20.6. The number of benzene rings is 3. The molecule has 1 aliphatic heterocycles. The van der Waals surface area contributed by atoms with Crippen LogP contribution in [0.15, 0.2) is 85.1 Å². The number of aliphatic hydroxyl groups is 1. The normalized spacial score (nSPS) is 13.7. The SMILES string of the molecule is O=C(Nc1ccc(Nc2ccc(NC(=O)c3ccc[nH]3)cc2)c(F)c1)c1ccc(N2CCC(O)CC2)cc1. The van der Waals surface area contributed by atoms with Crippen LogP contribution >= 0.6 is 0 Å². The van der Waals surface area contributed by atoms with E-state index in [0.717, 1.165) is 31.6 Å². The highest BCUT2D eigenvalue weighted by Gasteiger charge is 2.17. The zero-order chi connectivity index (χ0) is 26.5. The van der Waals surface area contributed by atoms with E-state index in [-0.39, 0.29) is 23.6 Å². The summed E-state index contributed by atoms with van der Waals surface area (Å²) >= 11 is 0. The summed E-state index contributed by atoms with van der Waals surface area (Å²) in [5.74, 6) is -1.10. The van der Waals surface area contributed by atoms with Crippen LogP contribution in [-0.2, 0) is 0 Å². The molecule has 5 rings (SSSR count). The van der Waals surface area contributed by atoms with Crippen LogP contribution in [0.4, 0.5) is 32.8 Å². The molecule has 3 aromatic carbocycles. The number of carbonyl (C=O) groups is 2. The highest BCUT2D eigenvalue weighted by molar-refractivity contribution is 6.04. The van der Waals surface area contributed by atoms with E-state index < -0.39 is 5.82 Å². The second-order valence-electron chi connectivity index (χ2n) is 9.15. The van der Waals surface area contributed by atoms with Crippen LogP contribution in [0.2, 0.25) is 0 Å². The molecular weight excluding hydrogens is 485 g/mol. The number of aromatic amines is 1. The van der Waals surface area contributed by atoms with E-state index in [4.69, 9.17) is 0 Å². The summed E-state index contributed by atoms with van der Waals surface area (Å²) in [6.45, 7) is 1.56. The van der Waals surface area contributed by atoms with Gasteiger partial charge in [0.25, 0.3) is 11.8 Å². The lowest BCUT2D eigenvalue weighted by Gasteiger charge is -2.31. The topological polar surface area (TPSA) is 109 Å².